The van der Waals surface area contributed by atoms with Gasteiger partial charge in [-0.25, -0.2) is 9.78 Å². The zero-order valence-electron chi connectivity index (χ0n) is 11.5. The van der Waals surface area contributed by atoms with Gasteiger partial charge >= 0.3 is 5.97 Å². The minimum atomic E-state index is -1.02. The maximum Gasteiger partial charge on any atom is 0.356 e. The quantitative estimate of drug-likeness (QED) is 0.923. The molecule has 102 valence electrons. The molecule has 0 aromatic carbocycles. The first-order valence-corrected chi connectivity index (χ1v) is 6.98. The van der Waals surface area contributed by atoms with Crippen LogP contribution in [0.4, 0.5) is 0 Å². The van der Waals surface area contributed by atoms with E-state index >= 15 is 0 Å². The first kappa shape index (κ1) is 13.8. The van der Waals surface area contributed by atoms with E-state index in [2.05, 4.69) is 4.98 Å². The number of aromatic carboxylic acids is 1. The van der Waals surface area contributed by atoms with Gasteiger partial charge in [-0.2, -0.15) is 0 Å². The van der Waals surface area contributed by atoms with Crippen molar-refractivity contribution in [3.8, 4) is 10.6 Å². The average Bonchev–Trinajstić information content (AvgIpc) is 2.94. The van der Waals surface area contributed by atoms with E-state index in [-0.39, 0.29) is 11.1 Å². The van der Waals surface area contributed by atoms with E-state index in [9.17, 15) is 9.90 Å². The molecular weight excluding hydrogens is 262 g/mol. The fraction of sp³-hybridized carbons (Fsp3) is 0.429. The molecule has 0 bridgehead atoms. The minimum absolute atomic E-state index is 0.0759. The summed E-state index contributed by atoms with van der Waals surface area (Å²) in [5, 5.41) is 10.1. The largest absolute Gasteiger partial charge is 0.476 e. The van der Waals surface area contributed by atoms with Gasteiger partial charge in [-0.15, -0.1) is 11.3 Å². The molecule has 1 N–H and O–H groups in total. The topological polar surface area (TPSA) is 63.3 Å². The Morgan fingerprint density at radius 2 is 2.11 bits per heavy atom. The Bertz CT molecular complexity index is 604. The van der Waals surface area contributed by atoms with Gasteiger partial charge < -0.3 is 9.52 Å². The van der Waals surface area contributed by atoms with Gasteiger partial charge in [0.15, 0.2) is 5.69 Å². The lowest BCUT2D eigenvalue weighted by Crippen LogP contribution is -2.11. The second-order valence-electron chi connectivity index (χ2n) is 5.37. The fourth-order valence-corrected chi connectivity index (χ4v) is 2.72. The van der Waals surface area contributed by atoms with Crippen molar-refractivity contribution in [1.82, 2.24) is 4.98 Å². The van der Waals surface area contributed by atoms with Gasteiger partial charge in [0.05, 0.1) is 5.01 Å². The summed E-state index contributed by atoms with van der Waals surface area (Å²) in [5.41, 5.74) is -0.0975. The van der Waals surface area contributed by atoms with Crippen molar-refractivity contribution in [1.29, 1.82) is 0 Å². The summed E-state index contributed by atoms with van der Waals surface area (Å²) in [4.78, 5) is 16.2. The number of carbonyl (C=O) groups is 1. The van der Waals surface area contributed by atoms with Gasteiger partial charge in [0.25, 0.3) is 0 Å². The molecule has 0 saturated heterocycles. The van der Waals surface area contributed by atoms with E-state index in [0.29, 0.717) is 10.6 Å². The Morgan fingerprint density at radius 3 is 2.58 bits per heavy atom. The smallest absolute Gasteiger partial charge is 0.356 e. The molecule has 2 heterocycles. The number of thiazole rings is 1. The van der Waals surface area contributed by atoms with Crippen molar-refractivity contribution < 1.29 is 14.3 Å². The monoisotopic (exact) mass is 279 g/mol. The molecule has 2 aromatic heterocycles. The van der Waals surface area contributed by atoms with E-state index in [0.717, 1.165) is 17.2 Å². The highest BCUT2D eigenvalue weighted by atomic mass is 32.1. The van der Waals surface area contributed by atoms with Crippen LogP contribution in [0, 0.1) is 0 Å². The number of aromatic nitrogens is 1. The molecule has 5 heteroatoms. The molecule has 0 atom stereocenters. The van der Waals surface area contributed by atoms with E-state index in [4.69, 9.17) is 4.42 Å². The molecular formula is C14H17NO3S. The molecule has 2 rings (SSSR count). The summed E-state index contributed by atoms with van der Waals surface area (Å²) in [6.45, 7) is 8.04. The maximum absolute atomic E-state index is 11.3. The number of hydrogen-bond acceptors (Lipinski definition) is 4. The van der Waals surface area contributed by atoms with E-state index < -0.39 is 5.97 Å². The Morgan fingerprint density at radius 1 is 1.42 bits per heavy atom. The normalized spacial score (nSPS) is 11.8. The van der Waals surface area contributed by atoms with Gasteiger partial charge in [-0.05, 0) is 12.1 Å². The molecule has 0 spiro atoms. The van der Waals surface area contributed by atoms with Crippen LogP contribution in [0.2, 0.25) is 0 Å². The second-order valence-corrected chi connectivity index (χ2v) is 6.37. The molecule has 0 fully saturated rings. The third-order valence-electron chi connectivity index (χ3n) is 2.71. The number of carboxylic acids is 1. The van der Waals surface area contributed by atoms with Crippen molar-refractivity contribution in [3.63, 3.8) is 0 Å². The van der Waals surface area contributed by atoms with Crippen molar-refractivity contribution in [3.05, 3.63) is 28.6 Å². The molecule has 0 aliphatic rings. The van der Waals surface area contributed by atoms with E-state index in [1.54, 1.807) is 0 Å². The Hall–Kier alpha value is -1.62. The predicted molar refractivity (Wildman–Crippen MR) is 74.9 cm³/mol. The number of carboxylic acid groups (broad SMARTS) is 1. The van der Waals surface area contributed by atoms with Gasteiger partial charge in [-0.3, -0.25) is 0 Å². The summed E-state index contributed by atoms with van der Waals surface area (Å²) < 4.78 is 5.64. The van der Waals surface area contributed by atoms with Crippen LogP contribution in [0.15, 0.2) is 16.5 Å². The number of furan rings is 1. The predicted octanol–water partition coefficient (Wildman–Crippen LogP) is 3.96. The highest BCUT2D eigenvalue weighted by Gasteiger charge is 2.26. The fourth-order valence-electron chi connectivity index (χ4n) is 1.64. The van der Waals surface area contributed by atoms with Gasteiger partial charge in [0.1, 0.15) is 16.4 Å². The van der Waals surface area contributed by atoms with Crippen molar-refractivity contribution in [2.75, 3.05) is 0 Å². The first-order valence-electron chi connectivity index (χ1n) is 6.16. The zero-order valence-corrected chi connectivity index (χ0v) is 12.3. The van der Waals surface area contributed by atoms with Gasteiger partial charge in [0.2, 0.25) is 0 Å². The lowest BCUT2D eigenvalue weighted by atomic mass is 9.98. The summed E-state index contributed by atoms with van der Waals surface area (Å²) >= 11 is 1.39. The van der Waals surface area contributed by atoms with Gasteiger partial charge in [-0.1, -0.05) is 27.7 Å². The number of aryl methyl sites for hydroxylation is 1. The van der Waals surface area contributed by atoms with Crippen molar-refractivity contribution in [2.45, 2.75) is 39.5 Å². The molecule has 2 aromatic rings. The van der Waals surface area contributed by atoms with Crippen molar-refractivity contribution in [2.24, 2.45) is 0 Å². The van der Waals surface area contributed by atoms with Crippen LogP contribution in [-0.4, -0.2) is 16.1 Å². The minimum Gasteiger partial charge on any atom is -0.476 e. The average molecular weight is 279 g/mol. The third kappa shape index (κ3) is 2.71. The maximum atomic E-state index is 11.3. The van der Waals surface area contributed by atoms with Crippen LogP contribution in [-0.2, 0) is 11.8 Å². The molecule has 19 heavy (non-hydrogen) atoms. The SMILES string of the molecule is CCc1ccc(-c2sc(C(C)(C)C)nc2C(=O)O)o1. The summed E-state index contributed by atoms with van der Waals surface area (Å²) in [6.07, 6.45) is 0.785. The Balaban J connectivity index is 2.55. The Kier molecular flexibility index (Phi) is 3.49. The molecule has 0 radical (unpaired) electrons. The third-order valence-corrected chi connectivity index (χ3v) is 4.20. The van der Waals surface area contributed by atoms with Crippen molar-refractivity contribution >= 4 is 17.3 Å². The standard InChI is InChI=1S/C14H17NO3S/c1-5-8-6-7-9(18-8)11-10(12(16)17)15-13(19-11)14(2,3)4/h6-7H,5H2,1-4H3,(H,16,17). The lowest BCUT2D eigenvalue weighted by molar-refractivity contribution is 0.0691. The molecule has 0 amide bonds. The lowest BCUT2D eigenvalue weighted by Gasteiger charge is -2.13. The molecule has 0 unspecified atom stereocenters. The summed E-state index contributed by atoms with van der Waals surface area (Å²) in [5.74, 6) is 0.412. The highest BCUT2D eigenvalue weighted by molar-refractivity contribution is 7.15. The van der Waals surface area contributed by atoms with Gasteiger partial charge in [0, 0.05) is 11.8 Å². The van der Waals surface area contributed by atoms with Crippen LogP contribution in [0.25, 0.3) is 10.6 Å². The summed E-state index contributed by atoms with van der Waals surface area (Å²) in [6, 6.07) is 3.68. The number of hydrogen-bond donors (Lipinski definition) is 1. The van der Waals surface area contributed by atoms with Crippen LogP contribution < -0.4 is 0 Å². The molecule has 0 aliphatic heterocycles. The highest BCUT2D eigenvalue weighted by Crippen LogP contribution is 2.36. The summed E-state index contributed by atoms with van der Waals surface area (Å²) in [7, 11) is 0. The molecule has 4 nitrogen and oxygen atoms in total. The Labute approximate surface area is 116 Å². The second kappa shape index (κ2) is 4.81. The van der Waals surface area contributed by atoms with E-state index in [1.807, 2.05) is 39.8 Å². The van der Waals surface area contributed by atoms with E-state index in [1.165, 1.54) is 11.3 Å². The number of nitrogens with zero attached hydrogens (tertiary/aromatic N) is 1. The molecule has 0 saturated carbocycles. The number of rotatable bonds is 3. The molecule has 0 aliphatic carbocycles. The first-order chi connectivity index (χ1) is 8.82. The zero-order chi connectivity index (χ0) is 14.2. The van der Waals surface area contributed by atoms with Crippen LogP contribution in [0.3, 0.4) is 0 Å². The van der Waals surface area contributed by atoms with Crippen LogP contribution in [0.1, 0.15) is 49.0 Å². The van der Waals surface area contributed by atoms with Crippen LogP contribution >= 0.6 is 11.3 Å². The van der Waals surface area contributed by atoms with Crippen LogP contribution in [0.5, 0.6) is 0 Å².